The molecule has 3 aromatic rings. The predicted octanol–water partition coefficient (Wildman–Crippen LogP) is 4.75. The van der Waals surface area contributed by atoms with Gasteiger partial charge in [-0.2, -0.15) is 0 Å². The zero-order chi connectivity index (χ0) is 19.9. The molecule has 0 aliphatic carbocycles. The number of thiophene rings is 1. The Bertz CT molecular complexity index is 982. The molecule has 0 bridgehead atoms. The molecule has 0 unspecified atom stereocenters. The van der Waals surface area contributed by atoms with Crippen molar-refractivity contribution in [1.29, 1.82) is 0 Å². The molecule has 0 aliphatic rings. The molecule has 1 amide bonds. The van der Waals surface area contributed by atoms with Gasteiger partial charge in [0.1, 0.15) is 11.6 Å². The third-order valence-electron chi connectivity index (χ3n) is 3.65. The number of rotatable bonds is 6. The van der Waals surface area contributed by atoms with Gasteiger partial charge in [0.25, 0.3) is 5.91 Å². The number of benzene rings is 2. The summed E-state index contributed by atoms with van der Waals surface area (Å²) in [4.78, 5) is 25.2. The molecule has 4 nitrogen and oxygen atoms in total. The maximum Gasteiger partial charge on any atom is 0.340 e. The second-order valence-electron chi connectivity index (χ2n) is 5.72. The Balaban J connectivity index is 1.68. The van der Waals surface area contributed by atoms with Crippen molar-refractivity contribution >= 4 is 40.5 Å². The summed E-state index contributed by atoms with van der Waals surface area (Å²) < 4.78 is 31.1. The van der Waals surface area contributed by atoms with Crippen LogP contribution in [-0.2, 0) is 14.3 Å². The van der Waals surface area contributed by atoms with Crippen LogP contribution in [0.2, 0.25) is 0 Å². The lowest BCUT2D eigenvalue weighted by Crippen LogP contribution is -2.21. The first-order chi connectivity index (χ1) is 13.5. The van der Waals surface area contributed by atoms with E-state index in [4.69, 9.17) is 4.74 Å². The van der Waals surface area contributed by atoms with Gasteiger partial charge < -0.3 is 10.1 Å². The van der Waals surface area contributed by atoms with Gasteiger partial charge in [0.2, 0.25) is 0 Å². The molecule has 0 spiro atoms. The number of halogens is 2. The number of carbonyl (C=O) groups is 2. The Kier molecular flexibility index (Phi) is 6.29. The molecule has 1 heterocycles. The Morgan fingerprint density at radius 2 is 1.61 bits per heavy atom. The highest BCUT2D eigenvalue weighted by Crippen LogP contribution is 2.24. The van der Waals surface area contributed by atoms with Gasteiger partial charge in [-0.3, -0.25) is 4.79 Å². The van der Waals surface area contributed by atoms with Crippen LogP contribution in [0.4, 0.5) is 14.5 Å². The van der Waals surface area contributed by atoms with E-state index in [0.717, 1.165) is 0 Å². The van der Waals surface area contributed by atoms with E-state index in [1.54, 1.807) is 18.2 Å². The summed E-state index contributed by atoms with van der Waals surface area (Å²) in [5, 5.41) is 4.32. The van der Waals surface area contributed by atoms with Crippen LogP contribution in [0.1, 0.15) is 10.4 Å². The van der Waals surface area contributed by atoms with Crippen LogP contribution in [0.5, 0.6) is 0 Å². The minimum atomic E-state index is -0.680. The maximum atomic E-state index is 13.1. The molecule has 0 aliphatic heterocycles. The fourth-order valence-electron chi connectivity index (χ4n) is 2.33. The summed E-state index contributed by atoms with van der Waals surface area (Å²) in [5.41, 5.74) is 1.27. The van der Waals surface area contributed by atoms with Crippen molar-refractivity contribution < 1.29 is 23.1 Å². The quantitative estimate of drug-likeness (QED) is 0.481. The summed E-state index contributed by atoms with van der Waals surface area (Å²) in [6.07, 6.45) is 1.57. The lowest BCUT2D eigenvalue weighted by atomic mass is 10.1. The van der Waals surface area contributed by atoms with Crippen molar-refractivity contribution in [2.45, 2.75) is 0 Å². The van der Waals surface area contributed by atoms with E-state index in [1.165, 1.54) is 59.9 Å². The standard InChI is InChI=1S/C21H15F2NO3S/c22-15-5-3-14(4-6-15)12-18(19-2-1-11-28-19)21(26)27-13-20(25)24-17-9-7-16(23)8-10-17/h1-12H,13H2,(H,24,25). The lowest BCUT2D eigenvalue weighted by molar-refractivity contribution is -0.141. The number of nitrogens with one attached hydrogen (secondary N) is 1. The molecule has 0 atom stereocenters. The molecule has 0 fully saturated rings. The van der Waals surface area contributed by atoms with Gasteiger partial charge in [0.15, 0.2) is 6.61 Å². The third-order valence-corrected chi connectivity index (χ3v) is 4.55. The Labute approximate surface area is 164 Å². The van der Waals surface area contributed by atoms with Gasteiger partial charge in [0.05, 0.1) is 5.57 Å². The van der Waals surface area contributed by atoms with Crippen LogP contribution < -0.4 is 5.32 Å². The number of carbonyl (C=O) groups excluding carboxylic acids is 2. The van der Waals surface area contributed by atoms with E-state index < -0.39 is 24.3 Å². The first kappa shape index (κ1) is 19.4. The van der Waals surface area contributed by atoms with E-state index in [-0.39, 0.29) is 11.4 Å². The predicted molar refractivity (Wildman–Crippen MR) is 105 cm³/mol. The van der Waals surface area contributed by atoms with Gasteiger partial charge in [-0.15, -0.1) is 11.3 Å². The number of amides is 1. The molecule has 1 N–H and O–H groups in total. The van der Waals surface area contributed by atoms with Gasteiger partial charge in [-0.05, 0) is 59.5 Å². The summed E-state index contributed by atoms with van der Waals surface area (Å²) >= 11 is 1.34. The van der Waals surface area contributed by atoms with E-state index >= 15 is 0 Å². The van der Waals surface area contributed by atoms with Gasteiger partial charge in [-0.25, -0.2) is 13.6 Å². The van der Waals surface area contributed by atoms with E-state index in [2.05, 4.69) is 5.32 Å². The van der Waals surface area contributed by atoms with Crippen molar-refractivity contribution in [3.05, 3.63) is 88.1 Å². The highest BCUT2D eigenvalue weighted by Gasteiger charge is 2.16. The third kappa shape index (κ3) is 5.34. The molecule has 7 heteroatoms. The maximum absolute atomic E-state index is 13.1. The zero-order valence-electron chi connectivity index (χ0n) is 14.5. The SMILES string of the molecule is O=C(COC(=O)C(=Cc1ccc(F)cc1)c1cccs1)Nc1ccc(F)cc1. The van der Waals surface area contributed by atoms with Gasteiger partial charge in [-0.1, -0.05) is 18.2 Å². The van der Waals surface area contributed by atoms with E-state index in [0.29, 0.717) is 16.1 Å². The first-order valence-electron chi connectivity index (χ1n) is 8.25. The summed E-state index contributed by atoms with van der Waals surface area (Å²) in [7, 11) is 0. The molecule has 2 aromatic carbocycles. The van der Waals surface area contributed by atoms with Crippen molar-refractivity contribution in [3.8, 4) is 0 Å². The molecule has 1 aromatic heterocycles. The minimum Gasteiger partial charge on any atom is -0.452 e. The Morgan fingerprint density at radius 3 is 2.21 bits per heavy atom. The van der Waals surface area contributed by atoms with Crippen LogP contribution in [0.25, 0.3) is 11.6 Å². The van der Waals surface area contributed by atoms with Gasteiger partial charge in [0, 0.05) is 10.6 Å². The van der Waals surface area contributed by atoms with Gasteiger partial charge >= 0.3 is 5.97 Å². The van der Waals surface area contributed by atoms with Crippen LogP contribution in [0.15, 0.2) is 66.0 Å². The molecule has 142 valence electrons. The monoisotopic (exact) mass is 399 g/mol. The smallest absolute Gasteiger partial charge is 0.340 e. The molecule has 0 radical (unpaired) electrons. The van der Waals surface area contributed by atoms with Crippen LogP contribution in [0, 0.1) is 11.6 Å². The Hall–Kier alpha value is -3.32. The van der Waals surface area contributed by atoms with Crippen molar-refractivity contribution in [3.63, 3.8) is 0 Å². The summed E-state index contributed by atoms with van der Waals surface area (Å²) in [6.45, 7) is -0.498. The first-order valence-corrected chi connectivity index (χ1v) is 9.13. The number of ether oxygens (including phenoxy) is 1. The fourth-order valence-corrected chi connectivity index (χ4v) is 3.06. The highest BCUT2D eigenvalue weighted by molar-refractivity contribution is 7.11. The average Bonchev–Trinajstić information content (AvgIpc) is 3.22. The fraction of sp³-hybridized carbons (Fsp3) is 0.0476. The normalized spacial score (nSPS) is 11.1. The summed E-state index contributed by atoms with van der Waals surface area (Å²) in [6, 6.07) is 14.4. The molecule has 0 saturated heterocycles. The minimum absolute atomic E-state index is 0.260. The average molecular weight is 399 g/mol. The molecular weight excluding hydrogens is 384 g/mol. The second kappa shape index (κ2) is 9.05. The van der Waals surface area contributed by atoms with Crippen LogP contribution in [-0.4, -0.2) is 18.5 Å². The van der Waals surface area contributed by atoms with Crippen LogP contribution in [0.3, 0.4) is 0 Å². The molecule has 0 saturated carbocycles. The Morgan fingerprint density at radius 1 is 0.964 bits per heavy atom. The second-order valence-corrected chi connectivity index (χ2v) is 6.67. The molecular formula is C21H15F2NO3S. The lowest BCUT2D eigenvalue weighted by Gasteiger charge is -2.08. The van der Waals surface area contributed by atoms with Crippen molar-refractivity contribution in [2.75, 3.05) is 11.9 Å². The summed E-state index contributed by atoms with van der Waals surface area (Å²) in [5.74, 6) is -2.03. The molecule has 3 rings (SSSR count). The van der Waals surface area contributed by atoms with Crippen molar-refractivity contribution in [2.24, 2.45) is 0 Å². The topological polar surface area (TPSA) is 55.4 Å². The molecule has 28 heavy (non-hydrogen) atoms. The number of esters is 1. The zero-order valence-corrected chi connectivity index (χ0v) is 15.3. The highest BCUT2D eigenvalue weighted by atomic mass is 32.1. The van der Waals surface area contributed by atoms with Crippen molar-refractivity contribution in [1.82, 2.24) is 0 Å². The largest absolute Gasteiger partial charge is 0.452 e. The number of hydrogen-bond donors (Lipinski definition) is 1. The van der Waals surface area contributed by atoms with Crippen LogP contribution >= 0.6 is 11.3 Å². The van der Waals surface area contributed by atoms with E-state index in [9.17, 15) is 18.4 Å². The van der Waals surface area contributed by atoms with E-state index in [1.807, 2.05) is 5.38 Å². The number of anilines is 1. The number of hydrogen-bond acceptors (Lipinski definition) is 4.